The fraction of sp³-hybridized carbons (Fsp3) is 0.208. The van der Waals surface area contributed by atoms with E-state index in [1.807, 2.05) is 21.3 Å². The predicted molar refractivity (Wildman–Crippen MR) is 122 cm³/mol. The second-order valence-electron chi connectivity index (χ2n) is 7.84. The van der Waals surface area contributed by atoms with Gasteiger partial charge >= 0.3 is 0 Å². The molecule has 0 amide bonds. The Kier molecular flexibility index (Phi) is 4.59. The van der Waals surface area contributed by atoms with E-state index in [0.717, 1.165) is 33.3 Å². The van der Waals surface area contributed by atoms with Gasteiger partial charge in [-0.3, -0.25) is 4.40 Å². The van der Waals surface area contributed by atoms with Crippen molar-refractivity contribution in [3.8, 4) is 11.3 Å². The topological polar surface area (TPSA) is 47.5 Å². The summed E-state index contributed by atoms with van der Waals surface area (Å²) in [7, 11) is 0. The smallest absolute Gasteiger partial charge is 0.196 e. The molecule has 30 heavy (non-hydrogen) atoms. The average molecular weight is 414 g/mol. The third-order valence-corrected chi connectivity index (χ3v) is 6.74. The van der Waals surface area contributed by atoms with Gasteiger partial charge in [-0.15, -0.1) is 10.2 Å². The summed E-state index contributed by atoms with van der Waals surface area (Å²) in [6, 6.07) is 15.1. The molecule has 0 fully saturated rings. The van der Waals surface area contributed by atoms with Crippen LogP contribution in [0.25, 0.3) is 22.4 Å². The van der Waals surface area contributed by atoms with Gasteiger partial charge in [0.05, 0.1) is 5.69 Å². The standard InChI is InChI=1S/C24H23N5S/c1-15-5-7-19(11-17(15)3)14-30-24-26-25-23-22-13-21(27-29(22)10-9-28(23)24)20-8-6-16(2)18(4)12-20/h5-13H,14H2,1-4H3. The molecule has 0 spiro atoms. The van der Waals surface area contributed by atoms with E-state index >= 15 is 0 Å². The molecule has 0 unspecified atom stereocenters. The molecule has 0 N–H and O–H groups in total. The lowest BCUT2D eigenvalue weighted by Gasteiger charge is -2.04. The molecule has 0 aliphatic heterocycles. The van der Waals surface area contributed by atoms with E-state index in [4.69, 9.17) is 5.10 Å². The first-order valence-electron chi connectivity index (χ1n) is 9.99. The number of aryl methyl sites for hydroxylation is 4. The molecule has 3 heterocycles. The summed E-state index contributed by atoms with van der Waals surface area (Å²) in [5.74, 6) is 0.861. The molecule has 2 aromatic carbocycles. The van der Waals surface area contributed by atoms with Crippen molar-refractivity contribution in [2.75, 3.05) is 0 Å². The van der Waals surface area contributed by atoms with Crippen LogP contribution >= 0.6 is 11.8 Å². The minimum Gasteiger partial charge on any atom is -0.274 e. The van der Waals surface area contributed by atoms with Crippen molar-refractivity contribution in [2.24, 2.45) is 0 Å². The Morgan fingerprint density at radius 3 is 2.33 bits per heavy atom. The molecule has 5 nitrogen and oxygen atoms in total. The van der Waals surface area contributed by atoms with E-state index in [9.17, 15) is 0 Å². The molecule has 5 aromatic rings. The van der Waals surface area contributed by atoms with E-state index in [2.05, 4.69) is 80.4 Å². The number of hydrogen-bond acceptors (Lipinski definition) is 4. The van der Waals surface area contributed by atoms with Crippen molar-refractivity contribution in [2.45, 2.75) is 38.6 Å². The maximum atomic E-state index is 4.75. The van der Waals surface area contributed by atoms with E-state index < -0.39 is 0 Å². The molecule has 150 valence electrons. The number of hydrogen-bond donors (Lipinski definition) is 0. The first-order valence-corrected chi connectivity index (χ1v) is 11.0. The van der Waals surface area contributed by atoms with Gasteiger partial charge < -0.3 is 0 Å². The predicted octanol–water partition coefficient (Wildman–Crippen LogP) is 5.57. The molecule has 5 rings (SSSR count). The highest BCUT2D eigenvalue weighted by molar-refractivity contribution is 7.98. The summed E-state index contributed by atoms with van der Waals surface area (Å²) in [5.41, 5.74) is 10.3. The molecule has 0 aliphatic rings. The van der Waals surface area contributed by atoms with Gasteiger partial charge in [-0.25, -0.2) is 4.52 Å². The SMILES string of the molecule is Cc1ccc(CSc2nnc3c4cc(-c5ccc(C)c(C)c5)nn4ccn23)cc1C. The lowest BCUT2D eigenvalue weighted by molar-refractivity contribution is 0.895. The van der Waals surface area contributed by atoms with Gasteiger partial charge in [0.15, 0.2) is 10.8 Å². The number of nitrogens with zero attached hydrogens (tertiary/aromatic N) is 5. The van der Waals surface area contributed by atoms with Gasteiger partial charge in [0, 0.05) is 23.7 Å². The summed E-state index contributed by atoms with van der Waals surface area (Å²) in [6.07, 6.45) is 3.96. The van der Waals surface area contributed by atoms with E-state index in [1.54, 1.807) is 11.8 Å². The third kappa shape index (κ3) is 3.27. The van der Waals surface area contributed by atoms with Gasteiger partial charge in [0.1, 0.15) is 5.52 Å². The van der Waals surface area contributed by atoms with Crippen molar-refractivity contribution in [3.05, 3.63) is 82.7 Å². The van der Waals surface area contributed by atoms with Gasteiger partial charge in [-0.1, -0.05) is 42.1 Å². The molecule has 0 radical (unpaired) electrons. The van der Waals surface area contributed by atoms with Crippen molar-refractivity contribution >= 4 is 22.9 Å². The maximum Gasteiger partial charge on any atom is 0.196 e. The highest BCUT2D eigenvalue weighted by Gasteiger charge is 2.13. The van der Waals surface area contributed by atoms with Gasteiger partial charge in [0.25, 0.3) is 0 Å². The molecule has 0 saturated carbocycles. The van der Waals surface area contributed by atoms with Crippen LogP contribution in [0.15, 0.2) is 60.0 Å². The van der Waals surface area contributed by atoms with Crippen LogP contribution < -0.4 is 0 Å². The monoisotopic (exact) mass is 413 g/mol. The summed E-state index contributed by atoms with van der Waals surface area (Å²) < 4.78 is 3.93. The van der Waals surface area contributed by atoms with Crippen molar-refractivity contribution in [1.82, 2.24) is 24.2 Å². The quantitative estimate of drug-likeness (QED) is 0.361. The number of fused-ring (bicyclic) bond motifs is 3. The zero-order chi connectivity index (χ0) is 20.8. The fourth-order valence-corrected chi connectivity index (χ4v) is 4.43. The molecule has 0 aliphatic carbocycles. The van der Waals surface area contributed by atoms with Crippen molar-refractivity contribution in [3.63, 3.8) is 0 Å². The fourth-order valence-electron chi connectivity index (χ4n) is 3.57. The summed E-state index contributed by atoms with van der Waals surface area (Å²) >= 11 is 1.70. The van der Waals surface area contributed by atoms with E-state index in [0.29, 0.717) is 0 Å². The van der Waals surface area contributed by atoms with Gasteiger partial charge in [-0.2, -0.15) is 5.10 Å². The number of aromatic nitrogens is 5. The van der Waals surface area contributed by atoms with Crippen LogP contribution in [0.2, 0.25) is 0 Å². The Balaban J connectivity index is 1.48. The van der Waals surface area contributed by atoms with Crippen LogP contribution in [0.3, 0.4) is 0 Å². The summed E-state index contributed by atoms with van der Waals surface area (Å²) in [4.78, 5) is 0. The Morgan fingerprint density at radius 1 is 0.800 bits per heavy atom. The molecule has 0 bridgehead atoms. The first kappa shape index (κ1) is 18.9. The lowest BCUT2D eigenvalue weighted by Crippen LogP contribution is -1.94. The third-order valence-electron chi connectivity index (χ3n) is 5.73. The number of thioether (sulfide) groups is 1. The van der Waals surface area contributed by atoms with Gasteiger partial charge in [-0.05, 0) is 67.6 Å². The summed E-state index contributed by atoms with van der Waals surface area (Å²) in [6.45, 7) is 8.55. The van der Waals surface area contributed by atoms with Crippen LogP contribution in [0.4, 0.5) is 0 Å². The maximum absolute atomic E-state index is 4.75. The number of rotatable bonds is 4. The zero-order valence-corrected chi connectivity index (χ0v) is 18.4. The molecule has 3 aromatic heterocycles. The van der Waals surface area contributed by atoms with Crippen LogP contribution in [0.1, 0.15) is 27.8 Å². The molecule has 0 atom stereocenters. The number of benzene rings is 2. The lowest BCUT2D eigenvalue weighted by atomic mass is 10.0. The molecule has 0 saturated heterocycles. The van der Waals surface area contributed by atoms with E-state index in [1.165, 1.54) is 27.8 Å². The first-order chi connectivity index (χ1) is 14.5. The van der Waals surface area contributed by atoms with Gasteiger partial charge in [0.2, 0.25) is 0 Å². The van der Waals surface area contributed by atoms with E-state index in [-0.39, 0.29) is 0 Å². The Hall–Kier alpha value is -3.12. The summed E-state index contributed by atoms with van der Waals surface area (Å²) in [5, 5.41) is 14.5. The highest BCUT2D eigenvalue weighted by Crippen LogP contribution is 2.27. The molecule has 6 heteroatoms. The Bertz CT molecular complexity index is 1400. The van der Waals surface area contributed by atoms with Crippen LogP contribution in [0.5, 0.6) is 0 Å². The Labute approximate surface area is 179 Å². The second kappa shape index (κ2) is 7.29. The minimum absolute atomic E-state index is 0.822. The van der Waals surface area contributed by atoms with Crippen LogP contribution in [-0.2, 0) is 5.75 Å². The van der Waals surface area contributed by atoms with Crippen molar-refractivity contribution < 1.29 is 0 Å². The second-order valence-corrected chi connectivity index (χ2v) is 8.78. The van der Waals surface area contributed by atoms with Crippen LogP contribution in [0, 0.1) is 27.7 Å². The zero-order valence-electron chi connectivity index (χ0n) is 17.5. The molecular weight excluding hydrogens is 390 g/mol. The van der Waals surface area contributed by atoms with Crippen LogP contribution in [-0.4, -0.2) is 24.2 Å². The highest BCUT2D eigenvalue weighted by atomic mass is 32.2. The largest absolute Gasteiger partial charge is 0.274 e. The normalized spacial score (nSPS) is 11.6. The molecular formula is C24H23N5S. The average Bonchev–Trinajstić information content (AvgIpc) is 3.34. The minimum atomic E-state index is 0.822. The van der Waals surface area contributed by atoms with Crippen molar-refractivity contribution in [1.29, 1.82) is 0 Å². The Morgan fingerprint density at radius 2 is 1.57 bits per heavy atom.